The van der Waals surface area contributed by atoms with Crippen LogP contribution in [0.1, 0.15) is 22.1 Å². The zero-order valence-electron chi connectivity index (χ0n) is 15.5. The number of hydrogen-bond acceptors (Lipinski definition) is 3. The topological polar surface area (TPSA) is 33.4 Å². The largest absolute Gasteiger partial charge is 0.395 e. The van der Waals surface area contributed by atoms with Gasteiger partial charge in [0, 0.05) is 38.0 Å². The third kappa shape index (κ3) is 5.05. The van der Waals surface area contributed by atoms with Gasteiger partial charge in [-0.1, -0.05) is 48.5 Å². The van der Waals surface area contributed by atoms with Crippen LogP contribution >= 0.6 is 0 Å². The van der Waals surface area contributed by atoms with Gasteiger partial charge in [0.1, 0.15) is 0 Å². The summed E-state index contributed by atoms with van der Waals surface area (Å²) in [4.78, 5) is 14.6. The van der Waals surface area contributed by atoms with E-state index in [1.807, 2.05) is 109 Å². The third-order valence-corrected chi connectivity index (χ3v) is 4.14. The van der Waals surface area contributed by atoms with Gasteiger partial charge in [-0.05, 0) is 23.8 Å². The first-order valence-corrected chi connectivity index (χ1v) is 8.81. The molecule has 1 atom stereocenters. The Balaban J connectivity index is 1.86. The van der Waals surface area contributed by atoms with Crippen LogP contribution < -0.4 is 9.47 Å². The number of ether oxygens (including phenoxy) is 1. The predicted octanol–water partition coefficient (Wildman–Crippen LogP) is 4.11. The highest BCUT2D eigenvalue weighted by molar-refractivity contribution is 5.89. The maximum Gasteiger partial charge on any atom is 0.343 e. The van der Waals surface area contributed by atoms with Crippen LogP contribution in [0.3, 0.4) is 0 Å². The van der Waals surface area contributed by atoms with Gasteiger partial charge in [0.25, 0.3) is 0 Å². The van der Waals surface area contributed by atoms with Crippen molar-refractivity contribution >= 4 is 17.7 Å². The second-order valence-corrected chi connectivity index (χ2v) is 6.33. The summed E-state index contributed by atoms with van der Waals surface area (Å²) < 4.78 is 7.64. The van der Waals surface area contributed by atoms with E-state index in [1.54, 1.807) is 12.1 Å². The average molecular weight is 359 g/mol. The van der Waals surface area contributed by atoms with E-state index < -0.39 is 6.23 Å². The summed E-state index contributed by atoms with van der Waals surface area (Å²) in [5.41, 5.74) is 2.65. The van der Waals surface area contributed by atoms with Crippen LogP contribution in [-0.4, -0.2) is 20.1 Å². The van der Waals surface area contributed by atoms with Gasteiger partial charge in [-0.2, -0.15) is 4.57 Å². The van der Waals surface area contributed by atoms with E-state index in [2.05, 4.69) is 0 Å². The molecule has 3 rings (SSSR count). The number of carbonyl (C=O) groups is 1. The highest BCUT2D eigenvalue weighted by atomic mass is 16.6. The Morgan fingerprint density at radius 2 is 1.52 bits per heavy atom. The summed E-state index contributed by atoms with van der Waals surface area (Å²) >= 11 is 0. The Hall–Kier alpha value is -3.40. The number of nitrogens with zero attached hydrogens (tertiary/aromatic N) is 2. The molecule has 0 saturated heterocycles. The summed E-state index contributed by atoms with van der Waals surface area (Å²) in [5, 5.41) is 0. The van der Waals surface area contributed by atoms with Gasteiger partial charge < -0.3 is 9.64 Å². The smallest absolute Gasteiger partial charge is 0.343 e. The molecule has 0 aliphatic heterocycles. The Kier molecular flexibility index (Phi) is 6.00. The maximum atomic E-state index is 12.5. The van der Waals surface area contributed by atoms with Crippen molar-refractivity contribution in [2.45, 2.75) is 6.23 Å². The second-order valence-electron chi connectivity index (χ2n) is 6.33. The van der Waals surface area contributed by atoms with Gasteiger partial charge in [0.2, 0.25) is 0 Å². The Bertz CT molecular complexity index is 889. The normalized spacial score (nSPS) is 11.9. The molecule has 4 nitrogen and oxygen atoms in total. The summed E-state index contributed by atoms with van der Waals surface area (Å²) in [6.45, 7) is 0. The maximum absolute atomic E-state index is 12.5. The lowest BCUT2D eigenvalue weighted by molar-refractivity contribution is -0.744. The van der Waals surface area contributed by atoms with Crippen LogP contribution in [0.4, 0.5) is 5.69 Å². The molecule has 0 radical (unpaired) electrons. The molecule has 0 aliphatic carbocycles. The summed E-state index contributed by atoms with van der Waals surface area (Å²) in [5.74, 6) is -0.359. The van der Waals surface area contributed by atoms with Gasteiger partial charge >= 0.3 is 12.2 Å². The number of anilines is 1. The van der Waals surface area contributed by atoms with Crippen molar-refractivity contribution in [1.29, 1.82) is 0 Å². The lowest BCUT2D eigenvalue weighted by atomic mass is 10.2. The first kappa shape index (κ1) is 18.4. The van der Waals surface area contributed by atoms with E-state index in [1.165, 1.54) is 0 Å². The van der Waals surface area contributed by atoms with E-state index in [-0.39, 0.29) is 5.97 Å². The molecule has 0 saturated carbocycles. The number of rotatable bonds is 6. The van der Waals surface area contributed by atoms with E-state index in [4.69, 9.17) is 4.74 Å². The number of aromatic nitrogens is 1. The lowest BCUT2D eigenvalue weighted by Gasteiger charge is -2.13. The van der Waals surface area contributed by atoms with Crippen molar-refractivity contribution in [3.8, 4) is 0 Å². The molecule has 1 heterocycles. The van der Waals surface area contributed by atoms with Crippen LogP contribution in [0.15, 0.2) is 91.3 Å². The Labute approximate surface area is 160 Å². The van der Waals surface area contributed by atoms with Crippen molar-refractivity contribution in [2.75, 3.05) is 19.0 Å². The van der Waals surface area contributed by atoms with Crippen molar-refractivity contribution in [2.24, 2.45) is 0 Å². The van der Waals surface area contributed by atoms with Gasteiger partial charge in [-0.25, -0.2) is 4.79 Å². The van der Waals surface area contributed by atoms with E-state index in [0.717, 1.165) is 11.3 Å². The Morgan fingerprint density at radius 1 is 0.926 bits per heavy atom. The number of hydrogen-bond donors (Lipinski definition) is 0. The number of esters is 1. The zero-order chi connectivity index (χ0) is 19.1. The second kappa shape index (κ2) is 8.81. The molecule has 4 heteroatoms. The van der Waals surface area contributed by atoms with Crippen LogP contribution in [0, 0.1) is 0 Å². The van der Waals surface area contributed by atoms with Crippen molar-refractivity contribution in [3.63, 3.8) is 0 Å². The molecule has 2 aromatic carbocycles. The number of benzene rings is 2. The van der Waals surface area contributed by atoms with Gasteiger partial charge in [0.05, 0.1) is 5.56 Å². The molecule has 0 fully saturated rings. The third-order valence-electron chi connectivity index (χ3n) is 4.14. The molecule has 0 amide bonds. The molecule has 1 aromatic heterocycles. The molecule has 1 unspecified atom stereocenters. The highest BCUT2D eigenvalue weighted by Crippen LogP contribution is 2.13. The first-order chi connectivity index (χ1) is 13.1. The molecule has 27 heavy (non-hydrogen) atoms. The molecule has 0 N–H and O–H groups in total. The standard InChI is InChI=1S/C23H23N2O2/c1-24(2)21-15-17-25(18-16-21)22(14-13-19-9-5-3-6-10-19)27-23(26)20-11-7-4-8-12-20/h3-18,22H,1-2H3/q+1/b14-13+. The molecule has 0 spiro atoms. The summed E-state index contributed by atoms with van der Waals surface area (Å²) in [7, 11) is 3.98. The fraction of sp³-hybridized carbons (Fsp3) is 0.130. The van der Waals surface area contributed by atoms with Gasteiger partial charge in [-0.15, -0.1) is 0 Å². The molecule has 136 valence electrons. The lowest BCUT2D eigenvalue weighted by Crippen LogP contribution is -2.40. The Morgan fingerprint density at radius 3 is 2.11 bits per heavy atom. The zero-order valence-corrected chi connectivity index (χ0v) is 15.5. The molecule has 0 aliphatic rings. The minimum absolute atomic E-state index is 0.359. The van der Waals surface area contributed by atoms with E-state index in [9.17, 15) is 4.79 Å². The molecular formula is C23H23N2O2+. The first-order valence-electron chi connectivity index (χ1n) is 8.81. The molecule has 0 bridgehead atoms. The summed E-state index contributed by atoms with van der Waals surface area (Å²) in [6, 6.07) is 22.9. The van der Waals surface area contributed by atoms with E-state index >= 15 is 0 Å². The molecular weight excluding hydrogens is 336 g/mol. The van der Waals surface area contributed by atoms with Gasteiger partial charge in [0.15, 0.2) is 12.4 Å². The van der Waals surface area contributed by atoms with Crippen LogP contribution in [0.2, 0.25) is 0 Å². The van der Waals surface area contributed by atoms with Crippen LogP contribution in [0.25, 0.3) is 6.08 Å². The molecule has 3 aromatic rings. The monoisotopic (exact) mass is 359 g/mol. The predicted molar refractivity (Wildman–Crippen MR) is 107 cm³/mol. The summed E-state index contributed by atoms with van der Waals surface area (Å²) in [6.07, 6.45) is 7.11. The van der Waals surface area contributed by atoms with Crippen molar-refractivity contribution in [1.82, 2.24) is 0 Å². The van der Waals surface area contributed by atoms with E-state index in [0.29, 0.717) is 5.56 Å². The quantitative estimate of drug-likeness (QED) is 0.491. The van der Waals surface area contributed by atoms with Crippen molar-refractivity contribution < 1.29 is 14.1 Å². The highest BCUT2D eigenvalue weighted by Gasteiger charge is 2.21. The minimum atomic E-state index is -0.547. The number of pyridine rings is 1. The number of carbonyl (C=O) groups excluding carboxylic acids is 1. The fourth-order valence-corrected chi connectivity index (χ4v) is 2.61. The van der Waals surface area contributed by atoms with Crippen LogP contribution in [0.5, 0.6) is 0 Å². The van der Waals surface area contributed by atoms with Crippen LogP contribution in [-0.2, 0) is 4.74 Å². The minimum Gasteiger partial charge on any atom is -0.395 e. The fourth-order valence-electron chi connectivity index (χ4n) is 2.61. The SMILES string of the molecule is CN(C)c1cc[n+](C(/C=C/c2ccccc2)OC(=O)c2ccccc2)cc1. The van der Waals surface area contributed by atoms with Gasteiger partial charge in [-0.3, -0.25) is 0 Å². The average Bonchev–Trinajstić information content (AvgIpc) is 2.72. The van der Waals surface area contributed by atoms with Crippen molar-refractivity contribution in [3.05, 3.63) is 102 Å².